The first-order chi connectivity index (χ1) is 11.8. The number of benzene rings is 1. The van der Waals surface area contributed by atoms with Crippen molar-refractivity contribution >= 4 is 0 Å². The molecule has 2 heterocycles. The van der Waals surface area contributed by atoms with E-state index in [-0.39, 0.29) is 0 Å². The second kappa shape index (κ2) is 9.40. The summed E-state index contributed by atoms with van der Waals surface area (Å²) >= 11 is 0. The van der Waals surface area contributed by atoms with Crippen LogP contribution < -0.4 is 4.74 Å². The van der Waals surface area contributed by atoms with E-state index in [4.69, 9.17) is 9.47 Å². The quantitative estimate of drug-likeness (QED) is 0.730. The lowest BCUT2D eigenvalue weighted by molar-refractivity contribution is 0.152. The summed E-state index contributed by atoms with van der Waals surface area (Å²) in [7, 11) is 1.80. The molecule has 1 unspecified atom stereocenters. The Morgan fingerprint density at radius 1 is 1.04 bits per heavy atom. The largest absolute Gasteiger partial charge is 0.492 e. The Hall–Kier alpha value is -1.10. The molecule has 0 N–H and O–H groups in total. The molecule has 2 aliphatic rings. The number of hydrogen-bond acceptors (Lipinski definition) is 4. The van der Waals surface area contributed by atoms with E-state index in [2.05, 4.69) is 34.1 Å². The van der Waals surface area contributed by atoms with Crippen LogP contribution in [0.1, 0.15) is 31.2 Å². The molecule has 1 atom stereocenters. The van der Waals surface area contributed by atoms with Gasteiger partial charge in [0.2, 0.25) is 0 Å². The van der Waals surface area contributed by atoms with E-state index in [1.165, 1.54) is 44.3 Å². The summed E-state index contributed by atoms with van der Waals surface area (Å²) in [5.74, 6) is 1.74. The van der Waals surface area contributed by atoms with Crippen molar-refractivity contribution in [1.29, 1.82) is 0 Å². The van der Waals surface area contributed by atoms with Gasteiger partial charge in [-0.2, -0.15) is 0 Å². The molecule has 4 heteroatoms. The zero-order valence-corrected chi connectivity index (χ0v) is 15.1. The lowest BCUT2D eigenvalue weighted by Gasteiger charge is -2.26. The van der Waals surface area contributed by atoms with E-state index in [1.54, 1.807) is 7.11 Å². The van der Waals surface area contributed by atoms with Gasteiger partial charge in [0.25, 0.3) is 0 Å². The van der Waals surface area contributed by atoms with E-state index in [9.17, 15) is 0 Å². The minimum atomic E-state index is 0.683. The molecule has 134 valence electrons. The van der Waals surface area contributed by atoms with Crippen molar-refractivity contribution in [3.63, 3.8) is 0 Å². The third-order valence-corrected chi connectivity index (χ3v) is 5.25. The van der Waals surface area contributed by atoms with Crippen molar-refractivity contribution in [1.82, 2.24) is 9.80 Å². The maximum atomic E-state index is 6.13. The minimum absolute atomic E-state index is 0.683. The molecular weight excluding hydrogens is 300 g/mol. The van der Waals surface area contributed by atoms with Gasteiger partial charge in [0.05, 0.1) is 6.61 Å². The van der Waals surface area contributed by atoms with Crippen LogP contribution in [0, 0.1) is 5.92 Å². The Balaban J connectivity index is 1.47. The van der Waals surface area contributed by atoms with Crippen molar-refractivity contribution in [3.8, 4) is 5.75 Å². The zero-order chi connectivity index (χ0) is 16.6. The van der Waals surface area contributed by atoms with Gasteiger partial charge in [-0.05, 0) is 50.9 Å². The monoisotopic (exact) mass is 332 g/mol. The summed E-state index contributed by atoms with van der Waals surface area (Å²) in [4.78, 5) is 5.05. The number of para-hydroxylation sites is 1. The maximum absolute atomic E-state index is 6.13. The van der Waals surface area contributed by atoms with Crippen molar-refractivity contribution in [2.24, 2.45) is 5.92 Å². The Kier molecular flexibility index (Phi) is 6.94. The standard InChI is InChI=1S/C20H32N2O2/c1-23-17-18-9-12-22(15-18)16-19-7-3-4-8-20(19)24-14-13-21-10-5-2-6-11-21/h3-4,7-8,18H,2,5-6,9-17H2,1H3. The van der Waals surface area contributed by atoms with Crippen LogP contribution in [0.15, 0.2) is 24.3 Å². The first kappa shape index (κ1) is 17.7. The minimum Gasteiger partial charge on any atom is -0.492 e. The van der Waals surface area contributed by atoms with Crippen LogP contribution in [0.25, 0.3) is 0 Å². The topological polar surface area (TPSA) is 24.9 Å². The Bertz CT molecular complexity index is 488. The van der Waals surface area contributed by atoms with Crippen molar-refractivity contribution in [2.45, 2.75) is 32.2 Å². The van der Waals surface area contributed by atoms with Gasteiger partial charge < -0.3 is 9.47 Å². The zero-order valence-electron chi connectivity index (χ0n) is 15.1. The summed E-state index contributed by atoms with van der Waals surface area (Å²) in [5, 5.41) is 0. The van der Waals surface area contributed by atoms with Gasteiger partial charge in [-0.1, -0.05) is 24.6 Å². The van der Waals surface area contributed by atoms with E-state index < -0.39 is 0 Å². The second-order valence-corrected chi connectivity index (χ2v) is 7.20. The number of rotatable bonds is 8. The van der Waals surface area contributed by atoms with Crippen LogP contribution in [-0.4, -0.2) is 62.8 Å². The highest BCUT2D eigenvalue weighted by Crippen LogP contribution is 2.24. The average Bonchev–Trinajstić information content (AvgIpc) is 3.05. The van der Waals surface area contributed by atoms with E-state index in [0.717, 1.165) is 45.1 Å². The van der Waals surface area contributed by atoms with Gasteiger partial charge in [-0.25, -0.2) is 0 Å². The third kappa shape index (κ3) is 5.20. The third-order valence-electron chi connectivity index (χ3n) is 5.25. The molecule has 0 spiro atoms. The highest BCUT2D eigenvalue weighted by atomic mass is 16.5. The van der Waals surface area contributed by atoms with Crippen LogP contribution in [0.4, 0.5) is 0 Å². The Morgan fingerprint density at radius 3 is 2.71 bits per heavy atom. The fourth-order valence-electron chi connectivity index (χ4n) is 3.91. The molecule has 0 radical (unpaired) electrons. The predicted octanol–water partition coefficient (Wildman–Crippen LogP) is 3.02. The molecule has 3 rings (SSSR count). The van der Waals surface area contributed by atoms with Gasteiger partial charge in [-0.3, -0.25) is 9.80 Å². The number of methoxy groups -OCH3 is 1. The van der Waals surface area contributed by atoms with Gasteiger partial charge in [0.1, 0.15) is 12.4 Å². The molecule has 24 heavy (non-hydrogen) atoms. The smallest absolute Gasteiger partial charge is 0.123 e. The number of piperidine rings is 1. The van der Waals surface area contributed by atoms with Gasteiger partial charge in [-0.15, -0.1) is 0 Å². The molecule has 0 aromatic heterocycles. The van der Waals surface area contributed by atoms with Gasteiger partial charge in [0, 0.05) is 32.3 Å². The fraction of sp³-hybridized carbons (Fsp3) is 0.700. The summed E-state index contributed by atoms with van der Waals surface area (Å²) in [6.45, 7) is 8.48. The molecule has 0 saturated carbocycles. The summed E-state index contributed by atoms with van der Waals surface area (Å²) in [5.41, 5.74) is 1.31. The molecule has 1 aromatic carbocycles. The summed E-state index contributed by atoms with van der Waals surface area (Å²) in [6, 6.07) is 8.53. The van der Waals surface area contributed by atoms with Crippen LogP contribution >= 0.6 is 0 Å². The number of ether oxygens (including phenoxy) is 2. The lowest BCUT2D eigenvalue weighted by Crippen LogP contribution is -2.33. The maximum Gasteiger partial charge on any atom is 0.123 e. The SMILES string of the molecule is COCC1CCN(Cc2ccccc2OCCN2CCCCC2)C1. The molecule has 1 aromatic rings. The van der Waals surface area contributed by atoms with Crippen molar-refractivity contribution < 1.29 is 9.47 Å². The van der Waals surface area contributed by atoms with Crippen molar-refractivity contribution in [2.75, 3.05) is 53.0 Å². The van der Waals surface area contributed by atoms with Crippen molar-refractivity contribution in [3.05, 3.63) is 29.8 Å². The summed E-state index contributed by atoms with van der Waals surface area (Å²) in [6.07, 6.45) is 5.31. The van der Waals surface area contributed by atoms with Crippen LogP contribution in [-0.2, 0) is 11.3 Å². The highest BCUT2D eigenvalue weighted by Gasteiger charge is 2.23. The van der Waals surface area contributed by atoms with Crippen LogP contribution in [0.5, 0.6) is 5.75 Å². The molecule has 0 amide bonds. The second-order valence-electron chi connectivity index (χ2n) is 7.20. The summed E-state index contributed by atoms with van der Waals surface area (Å²) < 4.78 is 11.4. The van der Waals surface area contributed by atoms with Gasteiger partial charge in [0.15, 0.2) is 0 Å². The molecule has 0 aliphatic carbocycles. The Labute approximate surface area is 146 Å². The lowest BCUT2D eigenvalue weighted by atomic mass is 10.1. The number of hydrogen-bond donors (Lipinski definition) is 0. The first-order valence-electron chi connectivity index (χ1n) is 9.49. The van der Waals surface area contributed by atoms with E-state index >= 15 is 0 Å². The molecular formula is C20H32N2O2. The number of likely N-dealkylation sites (tertiary alicyclic amines) is 2. The number of nitrogens with zero attached hydrogens (tertiary/aromatic N) is 2. The predicted molar refractivity (Wildman–Crippen MR) is 97.5 cm³/mol. The fourth-order valence-corrected chi connectivity index (χ4v) is 3.91. The first-order valence-corrected chi connectivity index (χ1v) is 9.49. The molecule has 2 aliphatic heterocycles. The molecule has 0 bridgehead atoms. The van der Waals surface area contributed by atoms with Crippen LogP contribution in [0.3, 0.4) is 0 Å². The molecule has 4 nitrogen and oxygen atoms in total. The van der Waals surface area contributed by atoms with Gasteiger partial charge >= 0.3 is 0 Å². The average molecular weight is 332 g/mol. The van der Waals surface area contributed by atoms with Crippen LogP contribution in [0.2, 0.25) is 0 Å². The van der Waals surface area contributed by atoms with E-state index in [0.29, 0.717) is 5.92 Å². The molecule has 2 fully saturated rings. The Morgan fingerprint density at radius 2 is 1.88 bits per heavy atom. The normalized spacial score (nSPS) is 22.8. The van der Waals surface area contributed by atoms with E-state index in [1.807, 2.05) is 0 Å². The molecule has 2 saturated heterocycles. The highest BCUT2D eigenvalue weighted by molar-refractivity contribution is 5.33.